The maximum absolute atomic E-state index is 11.4. The largest absolute Gasteiger partial charge is 0.445 e. The third kappa shape index (κ3) is 3.05. The van der Waals surface area contributed by atoms with Crippen molar-refractivity contribution in [3.63, 3.8) is 0 Å². The third-order valence-corrected chi connectivity index (χ3v) is 5.65. The Morgan fingerprint density at radius 2 is 1.96 bits per heavy atom. The van der Waals surface area contributed by atoms with Gasteiger partial charge < -0.3 is 24.5 Å². The van der Waals surface area contributed by atoms with E-state index in [9.17, 15) is 14.4 Å². The molecule has 0 radical (unpaired) electrons. The number of aryl methyl sites for hydroxylation is 1. The zero-order valence-corrected chi connectivity index (χ0v) is 16.6. The fourth-order valence-corrected chi connectivity index (χ4v) is 3.72. The number of imidazole rings is 1. The van der Waals surface area contributed by atoms with Crippen molar-refractivity contribution in [1.82, 2.24) is 9.55 Å². The van der Waals surface area contributed by atoms with Gasteiger partial charge in [-0.15, -0.1) is 0 Å². The van der Waals surface area contributed by atoms with Gasteiger partial charge in [0.15, 0.2) is 11.6 Å². The second-order valence-corrected chi connectivity index (χ2v) is 8.70. The molecular weight excluding hydrogens is 377 g/mol. The fourth-order valence-electron chi connectivity index (χ4n) is 3.00. The van der Waals surface area contributed by atoms with Gasteiger partial charge in [-0.3, -0.25) is 4.57 Å². The van der Waals surface area contributed by atoms with Crippen molar-refractivity contribution in [3.8, 4) is 11.6 Å². The van der Waals surface area contributed by atoms with Crippen molar-refractivity contribution in [2.75, 3.05) is 5.73 Å². The van der Waals surface area contributed by atoms with Crippen molar-refractivity contribution in [2.24, 2.45) is 5.92 Å². The number of aromatic nitrogens is 2. The van der Waals surface area contributed by atoms with Gasteiger partial charge in [0.2, 0.25) is 5.50 Å². The Hall–Kier alpha value is -1.79. The van der Waals surface area contributed by atoms with Crippen molar-refractivity contribution in [2.45, 2.75) is 34.2 Å². The van der Waals surface area contributed by atoms with Crippen LogP contribution in [-0.4, -0.2) is 19.3 Å². The fraction of sp³-hybridized carbons (Fsp3) is 0.353. The third-order valence-electron chi connectivity index (χ3n) is 4.35. The number of nitrogen functional groups attached to an aromatic ring is 1. The molecule has 7 nitrogen and oxygen atoms in total. The van der Waals surface area contributed by atoms with E-state index in [1.54, 1.807) is 0 Å². The summed E-state index contributed by atoms with van der Waals surface area (Å²) in [7, 11) is -4.48. The van der Waals surface area contributed by atoms with E-state index in [-0.39, 0.29) is 5.76 Å². The van der Waals surface area contributed by atoms with Crippen molar-refractivity contribution >= 4 is 41.4 Å². The van der Waals surface area contributed by atoms with Crippen LogP contribution in [0.2, 0.25) is 5.02 Å². The normalized spacial score (nSPS) is 12.5. The van der Waals surface area contributed by atoms with Crippen molar-refractivity contribution < 1.29 is 18.8 Å². The van der Waals surface area contributed by atoms with Crippen LogP contribution < -0.4 is 11.2 Å². The summed E-state index contributed by atoms with van der Waals surface area (Å²) in [5.41, 5.74) is 9.43. The summed E-state index contributed by atoms with van der Waals surface area (Å²) in [5.74, 6) is 1.04. The zero-order valence-electron chi connectivity index (χ0n) is 14.9. The minimum Gasteiger partial charge on any atom is -0.445 e. The van der Waals surface area contributed by atoms with Crippen molar-refractivity contribution in [3.05, 3.63) is 28.3 Å². The number of hydrogen-bond donors (Lipinski definition) is 3. The molecule has 1 aromatic carbocycles. The molecule has 3 rings (SSSR count). The van der Waals surface area contributed by atoms with Crippen LogP contribution >= 0.6 is 19.2 Å². The summed E-state index contributed by atoms with van der Waals surface area (Å²) < 4.78 is 18.8. The second kappa shape index (κ2) is 6.43. The maximum atomic E-state index is 11.4. The minimum absolute atomic E-state index is 0.271. The molecule has 0 spiro atoms. The lowest BCUT2D eigenvalue weighted by Crippen LogP contribution is -2.07. The number of anilines is 1. The lowest BCUT2D eigenvalue weighted by atomic mass is 10.1. The molecule has 0 saturated carbocycles. The van der Waals surface area contributed by atoms with Crippen LogP contribution in [-0.2, 0) is 11.1 Å². The molecule has 0 aliphatic heterocycles. The molecule has 0 amide bonds. The topological polar surface area (TPSA) is 115 Å². The first kappa shape index (κ1) is 19.0. The van der Waals surface area contributed by atoms with Gasteiger partial charge in [0.1, 0.15) is 5.52 Å². The Morgan fingerprint density at radius 1 is 1.31 bits per heavy atom. The highest BCUT2D eigenvalue weighted by Gasteiger charge is 2.26. The molecule has 9 heteroatoms. The van der Waals surface area contributed by atoms with Crippen LogP contribution in [0.25, 0.3) is 22.6 Å². The monoisotopic (exact) mass is 397 g/mol. The molecular formula is C17H21ClN3O4P. The Labute approximate surface area is 155 Å². The second-order valence-electron chi connectivity index (χ2n) is 6.80. The molecule has 0 unspecified atom stereocenters. The number of nitrogens with two attached hydrogens (primary N) is 1. The average Bonchev–Trinajstić information content (AvgIpc) is 3.15. The summed E-state index contributed by atoms with van der Waals surface area (Å²) in [6, 6.07) is 2.77. The Kier molecular flexibility index (Phi) is 4.69. The molecule has 2 heterocycles. The smallest absolute Gasteiger partial charge is 0.391 e. The van der Waals surface area contributed by atoms with E-state index >= 15 is 0 Å². The molecule has 140 valence electrons. The van der Waals surface area contributed by atoms with E-state index in [0.717, 1.165) is 16.6 Å². The van der Waals surface area contributed by atoms with Crippen LogP contribution in [0.5, 0.6) is 0 Å². The number of furan rings is 1. The molecule has 4 N–H and O–H groups in total. The van der Waals surface area contributed by atoms with Gasteiger partial charge in [-0.25, -0.2) is 4.98 Å². The first-order valence-electron chi connectivity index (χ1n) is 8.13. The van der Waals surface area contributed by atoms with Crippen molar-refractivity contribution in [1.29, 1.82) is 0 Å². The lowest BCUT2D eigenvalue weighted by molar-refractivity contribution is 0.377. The molecule has 0 aliphatic carbocycles. The van der Waals surface area contributed by atoms with E-state index in [1.807, 2.05) is 18.4 Å². The Morgan fingerprint density at radius 3 is 2.50 bits per heavy atom. The van der Waals surface area contributed by atoms with Gasteiger partial charge in [0, 0.05) is 6.54 Å². The minimum atomic E-state index is -4.48. The highest BCUT2D eigenvalue weighted by atomic mass is 35.5. The van der Waals surface area contributed by atoms with Crippen LogP contribution in [0.4, 0.5) is 5.69 Å². The summed E-state index contributed by atoms with van der Waals surface area (Å²) in [4.78, 5) is 23.2. The predicted octanol–water partition coefficient (Wildman–Crippen LogP) is 3.61. The van der Waals surface area contributed by atoms with Gasteiger partial charge in [0.25, 0.3) is 0 Å². The average molecular weight is 398 g/mol. The van der Waals surface area contributed by atoms with Crippen LogP contribution in [0, 0.1) is 19.8 Å². The Bertz CT molecular complexity index is 1050. The molecule has 0 atom stereocenters. The molecule has 0 fully saturated rings. The molecule has 2 aromatic heterocycles. The van der Waals surface area contributed by atoms with E-state index in [4.69, 9.17) is 21.8 Å². The maximum Gasteiger partial charge on any atom is 0.391 e. The summed E-state index contributed by atoms with van der Waals surface area (Å²) in [6.07, 6.45) is 0. The van der Waals surface area contributed by atoms with Gasteiger partial charge in [-0.2, -0.15) is 0 Å². The van der Waals surface area contributed by atoms with E-state index in [1.165, 1.54) is 12.1 Å². The standard InChI is InChI=1S/C17H21ClN3O4P/c1-8(2)7-21-16-10(4)9(3)13(18)14(19)15(16)20-17(21)11-5-6-12(25-11)26(22,23)24/h5-6,8H,7,19H2,1-4H3,(H2,22,23,24). The number of hydrogen-bond acceptors (Lipinski definition) is 4. The molecule has 26 heavy (non-hydrogen) atoms. The van der Waals surface area contributed by atoms with E-state index in [2.05, 4.69) is 18.8 Å². The Balaban J connectivity index is 2.35. The van der Waals surface area contributed by atoms with Gasteiger partial charge in [-0.05, 0) is 43.0 Å². The lowest BCUT2D eigenvalue weighted by Gasteiger charge is -2.14. The summed E-state index contributed by atoms with van der Waals surface area (Å²) in [5, 5.41) is 0.464. The number of halogens is 1. The van der Waals surface area contributed by atoms with Crippen LogP contribution in [0.1, 0.15) is 25.0 Å². The molecule has 0 saturated heterocycles. The first-order chi connectivity index (χ1) is 12.0. The molecule has 3 aromatic rings. The highest BCUT2D eigenvalue weighted by molar-refractivity contribution is 7.59. The number of nitrogens with zero attached hydrogens (tertiary/aromatic N) is 2. The SMILES string of the molecule is Cc1c(Cl)c(N)c2nc(-c3ccc(P(=O)(O)O)o3)n(CC(C)C)c2c1C. The van der Waals surface area contributed by atoms with Gasteiger partial charge in [-0.1, -0.05) is 25.4 Å². The van der Waals surface area contributed by atoms with Crippen LogP contribution in [0.15, 0.2) is 16.5 Å². The molecule has 0 aliphatic rings. The number of benzene rings is 1. The molecule has 0 bridgehead atoms. The quantitative estimate of drug-likeness (QED) is 0.457. The number of rotatable bonds is 4. The summed E-state index contributed by atoms with van der Waals surface area (Å²) >= 11 is 6.34. The van der Waals surface area contributed by atoms with Gasteiger partial charge in [0.05, 0.1) is 16.2 Å². The van der Waals surface area contributed by atoms with E-state index in [0.29, 0.717) is 34.5 Å². The zero-order chi connectivity index (χ0) is 19.4. The first-order valence-corrected chi connectivity index (χ1v) is 10.1. The van der Waals surface area contributed by atoms with Gasteiger partial charge >= 0.3 is 7.60 Å². The highest BCUT2D eigenvalue weighted by Crippen LogP contribution is 2.39. The van der Waals surface area contributed by atoms with Crippen LogP contribution in [0.3, 0.4) is 0 Å². The van der Waals surface area contributed by atoms with E-state index < -0.39 is 13.1 Å². The number of fused-ring (bicyclic) bond motifs is 1. The predicted molar refractivity (Wildman–Crippen MR) is 103 cm³/mol. The summed E-state index contributed by atoms with van der Waals surface area (Å²) in [6.45, 7) is 8.63.